The molecule has 1 fully saturated rings. The van der Waals surface area contributed by atoms with E-state index < -0.39 is 0 Å². The van der Waals surface area contributed by atoms with E-state index in [9.17, 15) is 4.79 Å². The molecule has 1 saturated carbocycles. The van der Waals surface area contributed by atoms with Gasteiger partial charge in [0.1, 0.15) is 0 Å². The van der Waals surface area contributed by atoms with Crippen LogP contribution in [0, 0.1) is 11.8 Å². The molecule has 1 heterocycles. The minimum Gasteiger partial charge on any atom is -0.294 e. The highest BCUT2D eigenvalue weighted by atomic mass is 16.1. The maximum atomic E-state index is 11.8. The molecule has 2 rings (SSSR count). The molecular weight excluding hydrogens is 162 g/mol. The van der Waals surface area contributed by atoms with Crippen molar-refractivity contribution >= 4 is 5.78 Å². The lowest BCUT2D eigenvalue weighted by molar-refractivity contribution is 0.0916. The number of carbonyl (C=O) groups excluding carboxylic acids is 1. The summed E-state index contributed by atoms with van der Waals surface area (Å²) in [6.07, 6.45) is 5.78. The number of hydrogen-bond acceptors (Lipinski definition) is 2. The average molecular weight is 175 g/mol. The Morgan fingerprint density at radius 3 is 2.92 bits per heavy atom. The van der Waals surface area contributed by atoms with Crippen molar-refractivity contribution in [1.29, 1.82) is 0 Å². The van der Waals surface area contributed by atoms with Crippen LogP contribution in [0.2, 0.25) is 0 Å². The van der Waals surface area contributed by atoms with E-state index in [4.69, 9.17) is 0 Å². The van der Waals surface area contributed by atoms with Gasteiger partial charge < -0.3 is 0 Å². The molecule has 0 N–H and O–H groups in total. The summed E-state index contributed by atoms with van der Waals surface area (Å²) in [5.74, 6) is 1.06. The van der Waals surface area contributed by atoms with Crippen LogP contribution in [-0.2, 0) is 0 Å². The third-order valence-corrected chi connectivity index (χ3v) is 2.69. The Labute approximate surface area is 78.0 Å². The van der Waals surface area contributed by atoms with Crippen LogP contribution in [-0.4, -0.2) is 10.8 Å². The molecule has 13 heavy (non-hydrogen) atoms. The number of Topliss-reactive ketones (excluding diaryl/α,β-unsaturated/α-hetero) is 1. The molecule has 2 heteroatoms. The van der Waals surface area contributed by atoms with Gasteiger partial charge >= 0.3 is 0 Å². The van der Waals surface area contributed by atoms with Crippen LogP contribution in [0.4, 0.5) is 0 Å². The van der Waals surface area contributed by atoms with Crippen molar-refractivity contribution in [1.82, 2.24) is 4.98 Å². The first kappa shape index (κ1) is 8.42. The highest BCUT2D eigenvalue weighted by molar-refractivity contribution is 5.97. The zero-order valence-electron chi connectivity index (χ0n) is 7.73. The van der Waals surface area contributed by atoms with Crippen molar-refractivity contribution in [3.8, 4) is 0 Å². The number of ketones is 1. The first-order chi connectivity index (χ1) is 6.29. The van der Waals surface area contributed by atoms with E-state index in [1.807, 2.05) is 19.1 Å². The summed E-state index contributed by atoms with van der Waals surface area (Å²) in [6.45, 7) is 2.02. The summed E-state index contributed by atoms with van der Waals surface area (Å²) in [4.78, 5) is 15.7. The number of hydrogen-bond donors (Lipinski definition) is 0. The minimum atomic E-state index is 0.184. The van der Waals surface area contributed by atoms with Crippen molar-refractivity contribution in [3.05, 3.63) is 30.1 Å². The van der Waals surface area contributed by atoms with Gasteiger partial charge in [0.2, 0.25) is 0 Å². The lowest BCUT2D eigenvalue weighted by Gasteiger charge is -2.07. The third kappa shape index (κ3) is 1.77. The fourth-order valence-electron chi connectivity index (χ4n) is 1.58. The van der Waals surface area contributed by atoms with Crippen molar-refractivity contribution in [2.45, 2.75) is 19.8 Å². The lowest BCUT2D eigenvalue weighted by atomic mass is 9.96. The quantitative estimate of drug-likeness (QED) is 0.660. The number of pyridine rings is 1. The maximum Gasteiger partial charge on any atom is 0.167 e. The fourth-order valence-corrected chi connectivity index (χ4v) is 1.58. The van der Waals surface area contributed by atoms with E-state index in [2.05, 4.69) is 4.98 Å². The highest BCUT2D eigenvalue weighted by Gasteiger charge is 2.32. The van der Waals surface area contributed by atoms with Crippen LogP contribution >= 0.6 is 0 Å². The Morgan fingerprint density at radius 2 is 2.38 bits per heavy atom. The fraction of sp³-hybridized carbons (Fsp3) is 0.455. The molecule has 0 radical (unpaired) electrons. The van der Waals surface area contributed by atoms with Crippen LogP contribution in [0.3, 0.4) is 0 Å². The summed E-state index contributed by atoms with van der Waals surface area (Å²) in [6, 6.07) is 3.65. The second-order valence-corrected chi connectivity index (χ2v) is 3.73. The first-order valence-corrected chi connectivity index (χ1v) is 4.73. The Kier molecular flexibility index (Phi) is 2.13. The molecule has 0 aliphatic heterocycles. The predicted octanol–water partition coefficient (Wildman–Crippen LogP) is 2.31. The SMILES string of the molecule is CC(C(=O)c1cccnc1)C1CC1. The minimum absolute atomic E-state index is 0.184. The normalized spacial score (nSPS) is 18.2. The average Bonchev–Trinajstić information content (AvgIpc) is 3.00. The van der Waals surface area contributed by atoms with Crippen LogP contribution < -0.4 is 0 Å². The molecule has 1 aliphatic carbocycles. The van der Waals surface area contributed by atoms with Gasteiger partial charge in [0, 0.05) is 23.9 Å². The standard InChI is InChI=1S/C11H13NO/c1-8(9-4-5-9)11(13)10-3-2-6-12-7-10/h2-3,6-9H,4-5H2,1H3. The summed E-state index contributed by atoms with van der Waals surface area (Å²) < 4.78 is 0. The summed E-state index contributed by atoms with van der Waals surface area (Å²) in [5, 5.41) is 0. The lowest BCUT2D eigenvalue weighted by Crippen LogP contribution is -2.13. The largest absolute Gasteiger partial charge is 0.294 e. The van der Waals surface area contributed by atoms with Gasteiger partial charge in [-0.05, 0) is 30.9 Å². The molecule has 1 aromatic rings. The number of aromatic nitrogens is 1. The van der Waals surface area contributed by atoms with Crippen LogP contribution in [0.5, 0.6) is 0 Å². The Bertz CT molecular complexity index is 303. The molecule has 1 aliphatic rings. The van der Waals surface area contributed by atoms with Crippen LogP contribution in [0.15, 0.2) is 24.5 Å². The van der Waals surface area contributed by atoms with E-state index in [-0.39, 0.29) is 11.7 Å². The van der Waals surface area contributed by atoms with Crippen LogP contribution in [0.1, 0.15) is 30.1 Å². The molecule has 2 nitrogen and oxygen atoms in total. The first-order valence-electron chi connectivity index (χ1n) is 4.73. The monoisotopic (exact) mass is 175 g/mol. The molecule has 68 valence electrons. The zero-order valence-corrected chi connectivity index (χ0v) is 7.73. The molecular formula is C11H13NO. The van der Waals surface area contributed by atoms with Crippen molar-refractivity contribution < 1.29 is 4.79 Å². The molecule has 1 unspecified atom stereocenters. The second kappa shape index (κ2) is 3.29. The van der Waals surface area contributed by atoms with Gasteiger partial charge in [-0.1, -0.05) is 6.92 Å². The van der Waals surface area contributed by atoms with E-state index in [0.717, 1.165) is 5.56 Å². The van der Waals surface area contributed by atoms with Crippen molar-refractivity contribution in [2.75, 3.05) is 0 Å². The Hall–Kier alpha value is -1.18. The van der Waals surface area contributed by atoms with Crippen molar-refractivity contribution in [3.63, 3.8) is 0 Å². The Morgan fingerprint density at radius 1 is 1.62 bits per heavy atom. The molecule has 0 aromatic carbocycles. The number of nitrogens with zero attached hydrogens (tertiary/aromatic N) is 1. The number of carbonyl (C=O) groups is 1. The third-order valence-electron chi connectivity index (χ3n) is 2.69. The smallest absolute Gasteiger partial charge is 0.167 e. The van der Waals surface area contributed by atoms with Gasteiger partial charge in [-0.2, -0.15) is 0 Å². The maximum absolute atomic E-state index is 11.8. The summed E-state index contributed by atoms with van der Waals surface area (Å²) in [5.41, 5.74) is 0.752. The van der Waals surface area contributed by atoms with E-state index >= 15 is 0 Å². The highest BCUT2D eigenvalue weighted by Crippen LogP contribution is 2.37. The van der Waals surface area contributed by atoms with Gasteiger partial charge in [-0.25, -0.2) is 0 Å². The van der Waals surface area contributed by atoms with E-state index in [1.165, 1.54) is 12.8 Å². The second-order valence-electron chi connectivity index (χ2n) is 3.73. The molecule has 0 bridgehead atoms. The van der Waals surface area contributed by atoms with Gasteiger partial charge in [-0.15, -0.1) is 0 Å². The molecule has 0 spiro atoms. The van der Waals surface area contributed by atoms with Gasteiger partial charge in [0.05, 0.1) is 0 Å². The molecule has 1 atom stereocenters. The zero-order chi connectivity index (χ0) is 9.26. The predicted molar refractivity (Wildman–Crippen MR) is 50.5 cm³/mol. The molecule has 1 aromatic heterocycles. The Balaban J connectivity index is 2.12. The number of rotatable bonds is 3. The van der Waals surface area contributed by atoms with Crippen LogP contribution in [0.25, 0.3) is 0 Å². The molecule has 0 amide bonds. The molecule has 0 saturated heterocycles. The van der Waals surface area contributed by atoms with E-state index in [1.54, 1.807) is 12.4 Å². The van der Waals surface area contributed by atoms with Gasteiger partial charge in [0.15, 0.2) is 5.78 Å². The van der Waals surface area contributed by atoms with Crippen molar-refractivity contribution in [2.24, 2.45) is 11.8 Å². The summed E-state index contributed by atoms with van der Waals surface area (Å²) >= 11 is 0. The van der Waals surface area contributed by atoms with Gasteiger partial charge in [-0.3, -0.25) is 9.78 Å². The van der Waals surface area contributed by atoms with E-state index in [0.29, 0.717) is 5.92 Å². The topological polar surface area (TPSA) is 30.0 Å². The van der Waals surface area contributed by atoms with Gasteiger partial charge in [0.25, 0.3) is 0 Å². The summed E-state index contributed by atoms with van der Waals surface area (Å²) in [7, 11) is 0.